The molecule has 0 fully saturated rings. The van der Waals surface area contributed by atoms with E-state index in [1.165, 1.54) is 5.56 Å². The van der Waals surface area contributed by atoms with Crippen LogP contribution in [0.15, 0.2) is 48.5 Å². The molecule has 3 nitrogen and oxygen atoms in total. The van der Waals surface area contributed by atoms with Gasteiger partial charge in [0.1, 0.15) is 0 Å². The van der Waals surface area contributed by atoms with Gasteiger partial charge in [-0.15, -0.1) is 0 Å². The molecule has 1 radical (unpaired) electrons. The van der Waals surface area contributed by atoms with Crippen molar-refractivity contribution in [2.75, 3.05) is 0 Å². The summed E-state index contributed by atoms with van der Waals surface area (Å²) < 4.78 is 2.15. The average Bonchev–Trinajstić information content (AvgIpc) is 2.97. The third-order valence-corrected chi connectivity index (χ3v) is 5.46. The van der Waals surface area contributed by atoms with E-state index >= 15 is 0 Å². The molecule has 135 valence electrons. The fourth-order valence-corrected chi connectivity index (χ4v) is 3.97. The van der Waals surface area contributed by atoms with Crippen molar-refractivity contribution >= 4 is 50.9 Å². The van der Waals surface area contributed by atoms with Gasteiger partial charge in [-0.1, -0.05) is 48.3 Å². The van der Waals surface area contributed by atoms with Crippen LogP contribution in [-0.2, 0) is 13.0 Å². The number of halogens is 2. The van der Waals surface area contributed by atoms with Gasteiger partial charge in [0.05, 0.1) is 11.0 Å². The molecule has 1 heterocycles. The zero-order valence-electron chi connectivity index (χ0n) is 14.7. The average molecular weight is 396 g/mol. The number of benzene rings is 3. The van der Waals surface area contributed by atoms with Gasteiger partial charge in [0, 0.05) is 32.9 Å². The normalized spacial score (nSPS) is 11.4. The highest BCUT2D eigenvalue weighted by molar-refractivity contribution is 6.35. The highest BCUT2D eigenvalue weighted by Crippen LogP contribution is 2.33. The Morgan fingerprint density at radius 3 is 2.67 bits per heavy atom. The first-order chi connectivity index (χ1) is 13.0. The minimum absolute atomic E-state index is 0.447. The molecule has 0 aliphatic heterocycles. The third-order valence-electron chi connectivity index (χ3n) is 4.87. The van der Waals surface area contributed by atoms with E-state index in [2.05, 4.69) is 23.6 Å². The van der Waals surface area contributed by atoms with Crippen LogP contribution >= 0.6 is 23.2 Å². The topological polar surface area (TPSA) is 48.0 Å². The number of carbonyl (C=O) groups excluding carboxylic acids is 1. The summed E-state index contributed by atoms with van der Waals surface area (Å²) in [6.07, 6.45) is 0.901. The minimum atomic E-state index is -0.447. The van der Waals surface area contributed by atoms with Crippen LogP contribution < -0.4 is 5.73 Å². The summed E-state index contributed by atoms with van der Waals surface area (Å²) in [5.41, 5.74) is 10.2. The Bertz CT molecular complexity index is 1190. The van der Waals surface area contributed by atoms with Crippen molar-refractivity contribution in [1.29, 1.82) is 0 Å². The van der Waals surface area contributed by atoms with Crippen molar-refractivity contribution in [1.82, 2.24) is 4.57 Å². The highest BCUT2D eigenvalue weighted by atomic mass is 35.5. The molecule has 0 spiro atoms. The molecule has 0 saturated heterocycles. The number of hydrogen-bond acceptors (Lipinski definition) is 1. The standard InChI is InChI=1S/C22H17Cl2N2O/c1-2-13-6-9-16-20(10-13)26(12-14-7-8-15(23)11-18(14)24)19-5-3-4-17(21(16)19)22(25)27/h3-8,10-11H,2,12H2,1H3,(H2,25,27). The number of nitrogens with two attached hydrogens (primary N) is 1. The SMILES string of the molecule is CCc1c[c]c2c3c(C(N)=O)cccc3n(Cc3ccc(Cl)cc3Cl)c2c1. The van der Waals surface area contributed by atoms with E-state index in [0.29, 0.717) is 22.2 Å². The lowest BCUT2D eigenvalue weighted by Crippen LogP contribution is -2.11. The molecule has 4 aromatic rings. The zero-order chi connectivity index (χ0) is 19.1. The molecule has 5 heteroatoms. The van der Waals surface area contributed by atoms with Gasteiger partial charge >= 0.3 is 0 Å². The summed E-state index contributed by atoms with van der Waals surface area (Å²) in [6.45, 7) is 2.66. The molecule has 0 atom stereocenters. The fraction of sp³-hybridized carbons (Fsp3) is 0.136. The largest absolute Gasteiger partial charge is 0.366 e. The van der Waals surface area contributed by atoms with Gasteiger partial charge in [0.25, 0.3) is 0 Å². The highest BCUT2D eigenvalue weighted by Gasteiger charge is 2.17. The predicted molar refractivity (Wildman–Crippen MR) is 112 cm³/mol. The van der Waals surface area contributed by atoms with E-state index in [4.69, 9.17) is 28.9 Å². The van der Waals surface area contributed by atoms with Gasteiger partial charge in [-0.25, -0.2) is 0 Å². The summed E-state index contributed by atoms with van der Waals surface area (Å²) in [6, 6.07) is 18.6. The Labute approximate surface area is 167 Å². The van der Waals surface area contributed by atoms with Crippen LogP contribution in [0.5, 0.6) is 0 Å². The third kappa shape index (κ3) is 3.07. The molecular formula is C22H17Cl2N2O. The molecule has 27 heavy (non-hydrogen) atoms. The number of amides is 1. The van der Waals surface area contributed by atoms with Crippen LogP contribution in [0, 0.1) is 6.07 Å². The Hall–Kier alpha value is -2.49. The predicted octanol–water partition coefficient (Wildman–Crippen LogP) is 5.61. The number of fused-ring (bicyclic) bond motifs is 3. The summed E-state index contributed by atoms with van der Waals surface area (Å²) in [5, 5.41) is 2.93. The summed E-state index contributed by atoms with van der Waals surface area (Å²) in [4.78, 5) is 12.0. The second-order valence-corrected chi connectivity index (χ2v) is 7.35. The van der Waals surface area contributed by atoms with Crippen LogP contribution in [0.4, 0.5) is 0 Å². The first kappa shape index (κ1) is 17.9. The van der Waals surface area contributed by atoms with Gasteiger partial charge < -0.3 is 10.3 Å². The first-order valence-corrected chi connectivity index (χ1v) is 9.44. The lowest BCUT2D eigenvalue weighted by Gasteiger charge is -2.10. The molecular weight excluding hydrogens is 379 g/mol. The molecule has 4 rings (SSSR count). The molecule has 0 unspecified atom stereocenters. The van der Waals surface area contributed by atoms with E-state index in [1.807, 2.05) is 30.3 Å². The molecule has 0 saturated carbocycles. The molecule has 0 aliphatic rings. The van der Waals surface area contributed by atoms with E-state index < -0.39 is 5.91 Å². The van der Waals surface area contributed by atoms with Gasteiger partial charge in [0.2, 0.25) is 5.91 Å². The number of carbonyl (C=O) groups is 1. The lowest BCUT2D eigenvalue weighted by molar-refractivity contribution is 0.100. The number of rotatable bonds is 4. The van der Waals surface area contributed by atoms with E-state index in [-0.39, 0.29) is 0 Å². The van der Waals surface area contributed by atoms with Crippen LogP contribution in [0.25, 0.3) is 21.8 Å². The smallest absolute Gasteiger partial charge is 0.249 e. The molecule has 3 aromatic carbocycles. The number of aryl methyl sites for hydroxylation is 1. The lowest BCUT2D eigenvalue weighted by atomic mass is 10.0. The molecule has 0 bridgehead atoms. The maximum atomic E-state index is 12.0. The van der Waals surface area contributed by atoms with E-state index in [1.54, 1.807) is 12.1 Å². The molecule has 1 amide bonds. The summed E-state index contributed by atoms with van der Waals surface area (Å²) >= 11 is 12.4. The monoisotopic (exact) mass is 395 g/mol. The second-order valence-electron chi connectivity index (χ2n) is 6.51. The van der Waals surface area contributed by atoms with Crippen molar-refractivity contribution in [2.24, 2.45) is 5.73 Å². The van der Waals surface area contributed by atoms with Crippen molar-refractivity contribution in [3.05, 3.63) is 81.3 Å². The van der Waals surface area contributed by atoms with E-state index in [9.17, 15) is 4.79 Å². The Kier molecular flexibility index (Phi) is 4.58. The van der Waals surface area contributed by atoms with Crippen LogP contribution in [0.1, 0.15) is 28.4 Å². The Morgan fingerprint density at radius 2 is 1.96 bits per heavy atom. The van der Waals surface area contributed by atoms with Gasteiger partial charge in [0.15, 0.2) is 0 Å². The van der Waals surface area contributed by atoms with Gasteiger partial charge in [-0.05, 0) is 53.9 Å². The molecule has 2 N–H and O–H groups in total. The van der Waals surface area contributed by atoms with Crippen molar-refractivity contribution in [3.63, 3.8) is 0 Å². The molecule has 0 aliphatic carbocycles. The maximum Gasteiger partial charge on any atom is 0.249 e. The number of primary amides is 1. The van der Waals surface area contributed by atoms with Gasteiger partial charge in [-0.2, -0.15) is 0 Å². The summed E-state index contributed by atoms with van der Waals surface area (Å²) in [7, 11) is 0. The number of aromatic nitrogens is 1. The first-order valence-electron chi connectivity index (χ1n) is 8.69. The second kappa shape index (κ2) is 6.91. The van der Waals surface area contributed by atoms with Gasteiger partial charge in [-0.3, -0.25) is 4.79 Å². The Balaban J connectivity index is 2.04. The summed E-state index contributed by atoms with van der Waals surface area (Å²) in [5.74, 6) is -0.447. The Morgan fingerprint density at radius 1 is 1.15 bits per heavy atom. The quantitative estimate of drug-likeness (QED) is 0.479. The minimum Gasteiger partial charge on any atom is -0.366 e. The number of hydrogen-bond donors (Lipinski definition) is 1. The van der Waals surface area contributed by atoms with Crippen LogP contribution in [0.3, 0.4) is 0 Å². The van der Waals surface area contributed by atoms with E-state index in [0.717, 1.165) is 33.8 Å². The maximum absolute atomic E-state index is 12.0. The molecule has 1 aromatic heterocycles. The van der Waals surface area contributed by atoms with Crippen molar-refractivity contribution in [2.45, 2.75) is 19.9 Å². The van der Waals surface area contributed by atoms with Crippen molar-refractivity contribution < 1.29 is 4.79 Å². The number of nitrogens with zero attached hydrogens (tertiary/aromatic N) is 1. The van der Waals surface area contributed by atoms with Crippen molar-refractivity contribution in [3.8, 4) is 0 Å². The van der Waals surface area contributed by atoms with Crippen LogP contribution in [-0.4, -0.2) is 10.5 Å². The zero-order valence-corrected chi connectivity index (χ0v) is 16.2. The van der Waals surface area contributed by atoms with Crippen LogP contribution in [0.2, 0.25) is 10.0 Å². The fourth-order valence-electron chi connectivity index (χ4n) is 3.50.